The van der Waals surface area contributed by atoms with Crippen LogP contribution in [0.2, 0.25) is 0 Å². The molecule has 0 aliphatic rings. The number of benzene rings is 1. The number of hydrogen-bond donors (Lipinski definition) is 1. The minimum atomic E-state index is -0.738. The third-order valence-corrected chi connectivity index (χ3v) is 2.03. The highest BCUT2D eigenvalue weighted by Crippen LogP contribution is 2.22. The lowest BCUT2D eigenvalue weighted by molar-refractivity contribution is -0.141. The van der Waals surface area contributed by atoms with E-state index in [0.29, 0.717) is 5.56 Å². The van der Waals surface area contributed by atoms with Crippen LogP contribution in [-0.4, -0.2) is 18.2 Å². The van der Waals surface area contributed by atoms with Gasteiger partial charge in [0.1, 0.15) is 0 Å². The van der Waals surface area contributed by atoms with Crippen molar-refractivity contribution in [1.82, 2.24) is 0 Å². The van der Waals surface area contributed by atoms with Gasteiger partial charge in [-0.25, -0.2) is 4.39 Å². The van der Waals surface area contributed by atoms with Crippen molar-refractivity contribution in [1.29, 1.82) is 0 Å². The second-order valence-corrected chi connectivity index (χ2v) is 2.96. The van der Waals surface area contributed by atoms with Crippen LogP contribution in [0.1, 0.15) is 18.4 Å². The van der Waals surface area contributed by atoms with Crippen molar-refractivity contribution < 1.29 is 19.0 Å². The summed E-state index contributed by atoms with van der Waals surface area (Å²) in [4.78, 5) is 11.1. The first kappa shape index (κ1) is 10.5. The molecule has 0 heterocycles. The topological polar surface area (TPSA) is 46.5 Å². The largest absolute Gasteiger partial charge is 0.505 e. The average molecular weight is 198 g/mol. The maximum Gasteiger partial charge on any atom is 0.312 e. The standard InChI is InChI=1S/C10H11FO3/c1-6(10(13)14-2)7-3-4-9(12)8(11)5-7/h3-6,12H,1-2H3/t6-/m1/s1. The summed E-state index contributed by atoms with van der Waals surface area (Å²) < 4.78 is 17.4. The quantitative estimate of drug-likeness (QED) is 0.737. The molecule has 0 saturated carbocycles. The van der Waals surface area contributed by atoms with Crippen LogP contribution in [0.25, 0.3) is 0 Å². The van der Waals surface area contributed by atoms with Crippen molar-refractivity contribution in [3.8, 4) is 5.75 Å². The lowest BCUT2D eigenvalue weighted by Gasteiger charge is -2.09. The van der Waals surface area contributed by atoms with Gasteiger partial charge in [0.05, 0.1) is 13.0 Å². The summed E-state index contributed by atoms with van der Waals surface area (Å²) in [5.74, 6) is -2.13. The molecule has 0 saturated heterocycles. The van der Waals surface area contributed by atoms with Crippen molar-refractivity contribution in [2.45, 2.75) is 12.8 Å². The van der Waals surface area contributed by atoms with Gasteiger partial charge in [-0.05, 0) is 24.6 Å². The van der Waals surface area contributed by atoms with Crippen LogP contribution in [0.5, 0.6) is 5.75 Å². The molecule has 4 heteroatoms. The number of hydrogen-bond acceptors (Lipinski definition) is 3. The van der Waals surface area contributed by atoms with E-state index in [9.17, 15) is 9.18 Å². The van der Waals surface area contributed by atoms with Gasteiger partial charge in [0.25, 0.3) is 0 Å². The number of halogens is 1. The number of rotatable bonds is 2. The normalized spacial score (nSPS) is 12.2. The zero-order valence-electron chi connectivity index (χ0n) is 7.95. The molecule has 1 N–H and O–H groups in total. The number of carbonyl (C=O) groups is 1. The third-order valence-electron chi connectivity index (χ3n) is 2.03. The average Bonchev–Trinajstić information content (AvgIpc) is 2.20. The van der Waals surface area contributed by atoms with Crippen molar-refractivity contribution in [2.24, 2.45) is 0 Å². The first-order valence-electron chi connectivity index (χ1n) is 4.12. The maximum atomic E-state index is 12.9. The summed E-state index contributed by atoms with van der Waals surface area (Å²) in [5, 5.41) is 8.93. The highest BCUT2D eigenvalue weighted by molar-refractivity contribution is 5.77. The number of carbonyl (C=O) groups excluding carboxylic acids is 1. The molecule has 0 amide bonds. The smallest absolute Gasteiger partial charge is 0.312 e. The highest BCUT2D eigenvalue weighted by atomic mass is 19.1. The molecule has 0 aliphatic heterocycles. The van der Waals surface area contributed by atoms with Gasteiger partial charge in [0, 0.05) is 0 Å². The zero-order chi connectivity index (χ0) is 10.7. The third kappa shape index (κ3) is 2.02. The van der Waals surface area contributed by atoms with E-state index in [-0.39, 0.29) is 0 Å². The molecule has 0 aromatic heterocycles. The predicted octanol–water partition coefficient (Wildman–Crippen LogP) is 1.81. The molecule has 1 aromatic rings. The Morgan fingerprint density at radius 1 is 1.57 bits per heavy atom. The van der Waals surface area contributed by atoms with Crippen molar-refractivity contribution in [3.63, 3.8) is 0 Å². The van der Waals surface area contributed by atoms with Gasteiger partial charge in [0.15, 0.2) is 11.6 Å². The molecule has 0 spiro atoms. The highest BCUT2D eigenvalue weighted by Gasteiger charge is 2.16. The molecule has 0 fully saturated rings. The Hall–Kier alpha value is -1.58. The zero-order valence-corrected chi connectivity index (χ0v) is 7.95. The number of esters is 1. The van der Waals surface area contributed by atoms with Crippen LogP contribution in [0.3, 0.4) is 0 Å². The van der Waals surface area contributed by atoms with Crippen molar-refractivity contribution in [3.05, 3.63) is 29.6 Å². The van der Waals surface area contributed by atoms with Crippen LogP contribution in [0, 0.1) is 5.82 Å². The van der Waals surface area contributed by atoms with Crippen LogP contribution < -0.4 is 0 Å². The first-order chi connectivity index (χ1) is 6.56. The van der Waals surface area contributed by atoms with Crippen LogP contribution in [-0.2, 0) is 9.53 Å². The second kappa shape index (κ2) is 4.09. The molecule has 1 rings (SSSR count). The van der Waals surface area contributed by atoms with Crippen LogP contribution in [0.4, 0.5) is 4.39 Å². The molecule has 0 unspecified atom stereocenters. The van der Waals surface area contributed by atoms with Gasteiger partial charge < -0.3 is 9.84 Å². The number of aromatic hydroxyl groups is 1. The van der Waals surface area contributed by atoms with E-state index in [1.807, 2.05) is 0 Å². The number of phenols is 1. The summed E-state index contributed by atoms with van der Waals surface area (Å²) >= 11 is 0. The summed E-state index contributed by atoms with van der Waals surface area (Å²) in [6.45, 7) is 1.61. The molecule has 1 atom stereocenters. The molecule has 0 radical (unpaired) electrons. The Morgan fingerprint density at radius 2 is 2.21 bits per heavy atom. The summed E-state index contributed by atoms with van der Waals surface area (Å²) in [5.41, 5.74) is 0.479. The minimum absolute atomic E-state index is 0.425. The van der Waals surface area contributed by atoms with E-state index in [2.05, 4.69) is 4.74 Å². The molecule has 76 valence electrons. The van der Waals surface area contributed by atoms with Gasteiger partial charge in [-0.3, -0.25) is 4.79 Å². The van der Waals surface area contributed by atoms with E-state index < -0.39 is 23.5 Å². The molecule has 14 heavy (non-hydrogen) atoms. The Bertz CT molecular complexity index is 349. The molecular formula is C10H11FO3. The van der Waals surface area contributed by atoms with Gasteiger partial charge in [0.2, 0.25) is 0 Å². The second-order valence-electron chi connectivity index (χ2n) is 2.96. The van der Waals surface area contributed by atoms with E-state index in [4.69, 9.17) is 5.11 Å². The number of ether oxygens (including phenoxy) is 1. The van der Waals surface area contributed by atoms with Gasteiger partial charge in [-0.15, -0.1) is 0 Å². The van der Waals surface area contributed by atoms with E-state index in [1.165, 1.54) is 19.2 Å². The molecular weight excluding hydrogens is 187 g/mol. The van der Waals surface area contributed by atoms with Crippen LogP contribution in [0.15, 0.2) is 18.2 Å². The van der Waals surface area contributed by atoms with Gasteiger partial charge in [-0.2, -0.15) is 0 Å². The Kier molecular flexibility index (Phi) is 3.06. The Balaban J connectivity index is 2.96. The fraction of sp³-hybridized carbons (Fsp3) is 0.300. The Labute approximate surface area is 81.1 Å². The van der Waals surface area contributed by atoms with E-state index in [1.54, 1.807) is 6.92 Å². The Morgan fingerprint density at radius 3 is 2.71 bits per heavy atom. The van der Waals surface area contributed by atoms with Crippen molar-refractivity contribution >= 4 is 5.97 Å². The molecule has 1 aromatic carbocycles. The van der Waals surface area contributed by atoms with E-state index >= 15 is 0 Å². The number of methoxy groups -OCH3 is 1. The SMILES string of the molecule is COC(=O)[C@H](C)c1ccc(O)c(F)c1. The monoisotopic (exact) mass is 198 g/mol. The van der Waals surface area contributed by atoms with Gasteiger partial charge >= 0.3 is 5.97 Å². The summed E-state index contributed by atoms with van der Waals surface area (Å²) in [6, 6.07) is 3.82. The fourth-order valence-electron chi connectivity index (χ4n) is 1.11. The van der Waals surface area contributed by atoms with Crippen molar-refractivity contribution in [2.75, 3.05) is 7.11 Å². The first-order valence-corrected chi connectivity index (χ1v) is 4.12. The summed E-state index contributed by atoms with van der Waals surface area (Å²) in [6.07, 6.45) is 0. The molecule has 0 bridgehead atoms. The fourth-order valence-corrected chi connectivity index (χ4v) is 1.11. The lowest BCUT2D eigenvalue weighted by Crippen LogP contribution is -2.10. The predicted molar refractivity (Wildman–Crippen MR) is 48.5 cm³/mol. The summed E-state index contributed by atoms with van der Waals surface area (Å²) in [7, 11) is 1.27. The lowest BCUT2D eigenvalue weighted by atomic mass is 10.0. The minimum Gasteiger partial charge on any atom is -0.505 e. The van der Waals surface area contributed by atoms with Crippen LogP contribution >= 0.6 is 0 Å². The molecule has 3 nitrogen and oxygen atoms in total. The van der Waals surface area contributed by atoms with Gasteiger partial charge in [-0.1, -0.05) is 6.07 Å². The maximum absolute atomic E-state index is 12.9. The molecule has 0 aliphatic carbocycles. The number of phenolic OH excluding ortho intramolecular Hbond substituents is 1. The van der Waals surface area contributed by atoms with E-state index in [0.717, 1.165) is 6.07 Å².